The maximum absolute atomic E-state index is 13.4. The van der Waals surface area contributed by atoms with Crippen molar-refractivity contribution in [2.45, 2.75) is 32.9 Å². The zero-order valence-electron chi connectivity index (χ0n) is 20.0. The summed E-state index contributed by atoms with van der Waals surface area (Å²) in [5, 5.41) is 2.76. The third-order valence-corrected chi connectivity index (χ3v) is 5.98. The SMILES string of the molecule is CCN(CC)C(=O)N1CCN(C(=O)C(Cc2ccccc2)NC(=O)OCc2ccccc2)CC1. The number of hydrogen-bond acceptors (Lipinski definition) is 4. The van der Waals surface area contributed by atoms with Crippen LogP contribution in [0.5, 0.6) is 0 Å². The number of hydrogen-bond donors (Lipinski definition) is 1. The first kappa shape index (κ1) is 25.1. The molecule has 4 amide bonds. The minimum atomic E-state index is -0.754. The minimum Gasteiger partial charge on any atom is -0.445 e. The molecule has 1 atom stereocenters. The lowest BCUT2D eigenvalue weighted by atomic mass is 10.0. The van der Waals surface area contributed by atoms with E-state index in [1.165, 1.54) is 0 Å². The molecule has 1 saturated heterocycles. The Hall–Kier alpha value is -3.55. The molecule has 1 N–H and O–H groups in total. The Labute approximate surface area is 201 Å². The van der Waals surface area contributed by atoms with Gasteiger partial charge in [0.2, 0.25) is 5.91 Å². The lowest BCUT2D eigenvalue weighted by Gasteiger charge is -2.38. The van der Waals surface area contributed by atoms with Crippen LogP contribution in [0.4, 0.5) is 9.59 Å². The van der Waals surface area contributed by atoms with E-state index in [-0.39, 0.29) is 18.5 Å². The van der Waals surface area contributed by atoms with Gasteiger partial charge >= 0.3 is 12.1 Å². The van der Waals surface area contributed by atoms with Crippen LogP contribution in [0.2, 0.25) is 0 Å². The molecular weight excluding hydrogens is 432 g/mol. The Bertz CT molecular complexity index is 926. The van der Waals surface area contributed by atoms with Crippen molar-refractivity contribution >= 4 is 18.0 Å². The monoisotopic (exact) mass is 466 g/mol. The Morgan fingerprint density at radius 1 is 0.853 bits per heavy atom. The molecule has 1 heterocycles. The minimum absolute atomic E-state index is 0.000509. The van der Waals surface area contributed by atoms with Crippen LogP contribution < -0.4 is 5.32 Å². The summed E-state index contributed by atoms with van der Waals surface area (Å²) in [6.07, 6.45) is -0.271. The zero-order chi connectivity index (χ0) is 24.3. The Morgan fingerprint density at radius 2 is 1.38 bits per heavy atom. The molecule has 8 heteroatoms. The molecule has 0 saturated carbocycles. The number of ether oxygens (including phenoxy) is 1. The van der Waals surface area contributed by atoms with Crippen molar-refractivity contribution in [3.8, 4) is 0 Å². The second-order valence-corrected chi connectivity index (χ2v) is 8.22. The van der Waals surface area contributed by atoms with Crippen LogP contribution in [-0.2, 0) is 22.6 Å². The molecule has 1 aliphatic heterocycles. The summed E-state index contributed by atoms with van der Waals surface area (Å²) in [7, 11) is 0. The van der Waals surface area contributed by atoms with Gasteiger partial charge in [0.1, 0.15) is 12.6 Å². The standard InChI is InChI=1S/C26H34N4O4/c1-3-28(4-2)26(33)30-17-15-29(16-18-30)24(31)23(19-21-11-7-5-8-12-21)27-25(32)34-20-22-13-9-6-10-14-22/h5-14,23H,3-4,15-20H2,1-2H3,(H,27,32). The molecule has 0 bridgehead atoms. The molecule has 1 unspecified atom stereocenters. The number of carbonyl (C=O) groups excluding carboxylic acids is 3. The summed E-state index contributed by atoms with van der Waals surface area (Å²) >= 11 is 0. The maximum atomic E-state index is 13.4. The first-order valence-electron chi connectivity index (χ1n) is 11.9. The highest BCUT2D eigenvalue weighted by Gasteiger charge is 2.31. The van der Waals surface area contributed by atoms with E-state index in [0.29, 0.717) is 45.7 Å². The molecule has 2 aromatic carbocycles. The van der Waals surface area contributed by atoms with Gasteiger partial charge in [-0.2, -0.15) is 0 Å². The smallest absolute Gasteiger partial charge is 0.408 e. The maximum Gasteiger partial charge on any atom is 0.408 e. The average Bonchev–Trinajstić information content (AvgIpc) is 2.88. The number of nitrogens with one attached hydrogen (secondary N) is 1. The van der Waals surface area contributed by atoms with E-state index >= 15 is 0 Å². The van der Waals surface area contributed by atoms with Crippen LogP contribution >= 0.6 is 0 Å². The van der Waals surface area contributed by atoms with Crippen molar-refractivity contribution in [1.82, 2.24) is 20.0 Å². The van der Waals surface area contributed by atoms with Crippen LogP contribution in [0.1, 0.15) is 25.0 Å². The van der Waals surface area contributed by atoms with Crippen molar-refractivity contribution in [3.05, 3.63) is 71.8 Å². The van der Waals surface area contributed by atoms with Gasteiger partial charge in [0, 0.05) is 45.7 Å². The highest BCUT2D eigenvalue weighted by Crippen LogP contribution is 2.11. The number of carbonyl (C=O) groups is 3. The third-order valence-electron chi connectivity index (χ3n) is 5.98. The van der Waals surface area contributed by atoms with Crippen LogP contribution in [0.15, 0.2) is 60.7 Å². The van der Waals surface area contributed by atoms with E-state index in [1.54, 1.807) is 14.7 Å². The van der Waals surface area contributed by atoms with Crippen molar-refractivity contribution in [2.75, 3.05) is 39.3 Å². The lowest BCUT2D eigenvalue weighted by molar-refractivity contribution is -0.134. The number of amides is 4. The Morgan fingerprint density at radius 3 is 1.94 bits per heavy atom. The summed E-state index contributed by atoms with van der Waals surface area (Å²) < 4.78 is 5.35. The topological polar surface area (TPSA) is 82.2 Å². The van der Waals surface area contributed by atoms with Crippen LogP contribution in [0.25, 0.3) is 0 Å². The van der Waals surface area contributed by atoms with Crippen LogP contribution in [-0.4, -0.2) is 78.0 Å². The van der Waals surface area contributed by atoms with Gasteiger partial charge in [0.25, 0.3) is 0 Å². The second kappa shape index (κ2) is 12.6. The Balaban J connectivity index is 1.61. The number of piperazine rings is 1. The third kappa shape index (κ3) is 6.97. The van der Waals surface area contributed by atoms with Gasteiger partial charge < -0.3 is 24.8 Å². The summed E-state index contributed by atoms with van der Waals surface area (Å²) in [6.45, 7) is 7.15. The van der Waals surface area contributed by atoms with E-state index in [0.717, 1.165) is 11.1 Å². The normalized spacial score (nSPS) is 14.3. The van der Waals surface area contributed by atoms with Crippen molar-refractivity contribution < 1.29 is 19.1 Å². The van der Waals surface area contributed by atoms with E-state index in [2.05, 4.69) is 5.32 Å². The summed E-state index contributed by atoms with van der Waals surface area (Å²) in [5.74, 6) is -0.171. The fourth-order valence-electron chi connectivity index (χ4n) is 3.99. The van der Waals surface area contributed by atoms with Gasteiger partial charge in [-0.25, -0.2) is 9.59 Å². The van der Waals surface area contributed by atoms with E-state index in [1.807, 2.05) is 74.5 Å². The second-order valence-electron chi connectivity index (χ2n) is 8.22. The first-order chi connectivity index (χ1) is 16.5. The van der Waals surface area contributed by atoms with E-state index in [4.69, 9.17) is 4.74 Å². The number of benzene rings is 2. The number of rotatable bonds is 8. The van der Waals surface area contributed by atoms with Crippen molar-refractivity contribution in [1.29, 1.82) is 0 Å². The Kier molecular flexibility index (Phi) is 9.31. The number of alkyl carbamates (subject to hydrolysis) is 1. The molecule has 0 radical (unpaired) electrons. The molecule has 34 heavy (non-hydrogen) atoms. The van der Waals surface area contributed by atoms with Crippen LogP contribution in [0.3, 0.4) is 0 Å². The first-order valence-corrected chi connectivity index (χ1v) is 11.9. The van der Waals surface area contributed by atoms with Gasteiger partial charge in [-0.3, -0.25) is 4.79 Å². The van der Waals surface area contributed by atoms with Gasteiger partial charge in [-0.05, 0) is 25.0 Å². The molecule has 2 aromatic rings. The van der Waals surface area contributed by atoms with Gasteiger partial charge in [0.05, 0.1) is 0 Å². The lowest BCUT2D eigenvalue weighted by Crippen LogP contribution is -2.58. The number of nitrogens with zero attached hydrogens (tertiary/aromatic N) is 3. The fraction of sp³-hybridized carbons (Fsp3) is 0.423. The number of urea groups is 1. The summed E-state index contributed by atoms with van der Waals surface area (Å²) in [4.78, 5) is 43.8. The molecule has 1 fully saturated rings. The summed E-state index contributed by atoms with van der Waals surface area (Å²) in [6, 6.07) is 18.2. The predicted octanol–water partition coefficient (Wildman–Crippen LogP) is 3.13. The largest absolute Gasteiger partial charge is 0.445 e. The molecule has 1 aliphatic rings. The molecule has 0 spiro atoms. The van der Waals surface area contributed by atoms with Crippen molar-refractivity contribution in [3.63, 3.8) is 0 Å². The van der Waals surface area contributed by atoms with E-state index < -0.39 is 12.1 Å². The zero-order valence-corrected chi connectivity index (χ0v) is 20.0. The highest BCUT2D eigenvalue weighted by molar-refractivity contribution is 5.86. The summed E-state index contributed by atoms with van der Waals surface area (Å²) in [5.41, 5.74) is 1.82. The van der Waals surface area contributed by atoms with E-state index in [9.17, 15) is 14.4 Å². The molecular formula is C26H34N4O4. The predicted molar refractivity (Wildman–Crippen MR) is 130 cm³/mol. The molecule has 8 nitrogen and oxygen atoms in total. The highest BCUT2D eigenvalue weighted by atomic mass is 16.5. The quantitative estimate of drug-likeness (QED) is 0.648. The molecule has 0 aromatic heterocycles. The van der Waals surface area contributed by atoms with Crippen molar-refractivity contribution in [2.24, 2.45) is 0 Å². The van der Waals surface area contributed by atoms with Gasteiger partial charge in [-0.15, -0.1) is 0 Å². The molecule has 0 aliphatic carbocycles. The molecule has 182 valence electrons. The fourth-order valence-corrected chi connectivity index (χ4v) is 3.99. The van der Waals surface area contributed by atoms with Gasteiger partial charge in [0.15, 0.2) is 0 Å². The average molecular weight is 467 g/mol. The van der Waals surface area contributed by atoms with Crippen LogP contribution in [0, 0.1) is 0 Å². The van der Waals surface area contributed by atoms with Gasteiger partial charge in [-0.1, -0.05) is 60.7 Å². The molecule has 3 rings (SSSR count).